The topological polar surface area (TPSA) is 56.1 Å². The Hall–Kier alpha value is -4.38. The van der Waals surface area contributed by atoms with E-state index < -0.39 is 0 Å². The fourth-order valence-corrected chi connectivity index (χ4v) is 4.79. The van der Waals surface area contributed by atoms with Gasteiger partial charge in [-0.3, -0.25) is 9.78 Å². The van der Waals surface area contributed by atoms with E-state index in [4.69, 9.17) is 4.74 Å². The zero-order chi connectivity index (χ0) is 25.5. The molecule has 2 aromatic heterocycles. The Balaban J connectivity index is 1.49. The van der Waals surface area contributed by atoms with Crippen molar-refractivity contribution < 1.29 is 9.53 Å². The van der Waals surface area contributed by atoms with Gasteiger partial charge < -0.3 is 14.6 Å². The standard InChI is InChI=1S/C32H31N3O2/c1-2-37-27-14-12-26(13-15-27)29(20-32(36)34-21-24-16-18-33-19-17-24)30-23-35(22-25-8-4-3-5-9-25)31-11-7-6-10-28(30)31/h3-19,23,29H,2,20-22H2,1H3,(H,34,36)/t29-/m1/s1. The van der Waals surface area contributed by atoms with Crippen LogP contribution in [-0.4, -0.2) is 22.1 Å². The van der Waals surface area contributed by atoms with Crippen molar-refractivity contribution in [1.82, 2.24) is 14.9 Å². The fourth-order valence-electron chi connectivity index (χ4n) is 4.79. The van der Waals surface area contributed by atoms with E-state index in [-0.39, 0.29) is 11.8 Å². The minimum Gasteiger partial charge on any atom is -0.494 e. The molecule has 0 fully saturated rings. The van der Waals surface area contributed by atoms with Gasteiger partial charge in [-0.05, 0) is 59.5 Å². The molecule has 0 saturated heterocycles. The number of pyridine rings is 1. The molecule has 1 N–H and O–H groups in total. The van der Waals surface area contributed by atoms with Crippen LogP contribution in [0.3, 0.4) is 0 Å². The molecule has 5 rings (SSSR count). The maximum Gasteiger partial charge on any atom is 0.221 e. The molecule has 0 unspecified atom stereocenters. The number of benzene rings is 3. The van der Waals surface area contributed by atoms with E-state index in [9.17, 15) is 4.79 Å². The Morgan fingerprint density at radius 2 is 1.62 bits per heavy atom. The molecular weight excluding hydrogens is 458 g/mol. The first-order valence-corrected chi connectivity index (χ1v) is 12.7. The highest BCUT2D eigenvalue weighted by Gasteiger charge is 2.23. The van der Waals surface area contributed by atoms with Crippen LogP contribution in [0.25, 0.3) is 10.9 Å². The quantitative estimate of drug-likeness (QED) is 0.250. The number of carbonyl (C=O) groups is 1. The number of hydrogen-bond acceptors (Lipinski definition) is 3. The van der Waals surface area contributed by atoms with E-state index in [2.05, 4.69) is 81.7 Å². The molecule has 5 aromatic rings. The molecule has 186 valence electrons. The highest BCUT2D eigenvalue weighted by molar-refractivity contribution is 5.86. The Morgan fingerprint density at radius 3 is 2.38 bits per heavy atom. The second-order valence-electron chi connectivity index (χ2n) is 9.11. The van der Waals surface area contributed by atoms with E-state index >= 15 is 0 Å². The first-order chi connectivity index (χ1) is 18.2. The van der Waals surface area contributed by atoms with Crippen LogP contribution in [0.1, 0.15) is 41.5 Å². The van der Waals surface area contributed by atoms with Gasteiger partial charge in [-0.1, -0.05) is 60.7 Å². The van der Waals surface area contributed by atoms with Crippen LogP contribution < -0.4 is 10.1 Å². The number of nitrogens with zero attached hydrogens (tertiary/aromatic N) is 2. The number of ether oxygens (including phenoxy) is 1. The lowest BCUT2D eigenvalue weighted by Crippen LogP contribution is -2.25. The average molecular weight is 490 g/mol. The number of para-hydroxylation sites is 1. The first-order valence-electron chi connectivity index (χ1n) is 12.7. The maximum absolute atomic E-state index is 13.2. The van der Waals surface area contributed by atoms with Crippen molar-refractivity contribution in [2.45, 2.75) is 32.4 Å². The third kappa shape index (κ3) is 5.89. The molecule has 0 aliphatic rings. The van der Waals surface area contributed by atoms with Gasteiger partial charge in [-0.2, -0.15) is 0 Å². The lowest BCUT2D eigenvalue weighted by molar-refractivity contribution is -0.121. The average Bonchev–Trinajstić information content (AvgIpc) is 3.30. The molecule has 0 aliphatic heterocycles. The molecule has 37 heavy (non-hydrogen) atoms. The molecule has 1 atom stereocenters. The molecule has 0 saturated carbocycles. The summed E-state index contributed by atoms with van der Waals surface area (Å²) < 4.78 is 7.96. The van der Waals surface area contributed by atoms with Gasteiger partial charge >= 0.3 is 0 Å². The summed E-state index contributed by atoms with van der Waals surface area (Å²) >= 11 is 0. The second kappa shape index (κ2) is 11.6. The van der Waals surface area contributed by atoms with Crippen LogP contribution in [0, 0.1) is 0 Å². The predicted octanol–water partition coefficient (Wildman–Crippen LogP) is 6.32. The van der Waals surface area contributed by atoms with Crippen molar-refractivity contribution in [2.75, 3.05) is 6.61 Å². The summed E-state index contributed by atoms with van der Waals surface area (Å²) in [5.41, 5.74) is 5.66. The number of nitrogens with one attached hydrogen (secondary N) is 1. The van der Waals surface area contributed by atoms with Crippen LogP contribution in [0.2, 0.25) is 0 Å². The van der Waals surface area contributed by atoms with Gasteiger partial charge in [0.05, 0.1) is 6.61 Å². The second-order valence-corrected chi connectivity index (χ2v) is 9.11. The molecule has 0 radical (unpaired) electrons. The number of carbonyl (C=O) groups excluding carboxylic acids is 1. The predicted molar refractivity (Wildman–Crippen MR) is 148 cm³/mol. The lowest BCUT2D eigenvalue weighted by Gasteiger charge is -2.18. The van der Waals surface area contributed by atoms with E-state index in [0.29, 0.717) is 19.6 Å². The Labute approximate surface area is 217 Å². The van der Waals surface area contributed by atoms with Crippen LogP contribution in [0.15, 0.2) is 110 Å². The van der Waals surface area contributed by atoms with Crippen LogP contribution in [0.5, 0.6) is 5.75 Å². The SMILES string of the molecule is CCOc1ccc([C@@H](CC(=O)NCc2ccncc2)c2cn(Cc3ccccc3)c3ccccc23)cc1. The molecule has 2 heterocycles. The molecule has 5 heteroatoms. The van der Waals surface area contributed by atoms with Gasteiger partial charge in [0.15, 0.2) is 0 Å². The summed E-state index contributed by atoms with van der Waals surface area (Å²) in [5.74, 6) is 0.740. The molecule has 1 amide bonds. The van der Waals surface area contributed by atoms with Crippen LogP contribution in [-0.2, 0) is 17.9 Å². The number of amides is 1. The number of hydrogen-bond donors (Lipinski definition) is 1. The zero-order valence-electron chi connectivity index (χ0n) is 21.0. The number of rotatable bonds is 10. The molecule has 0 aliphatic carbocycles. The van der Waals surface area contributed by atoms with E-state index in [0.717, 1.165) is 34.5 Å². The Bertz CT molecular complexity index is 1440. The minimum absolute atomic E-state index is 0.00980. The summed E-state index contributed by atoms with van der Waals surface area (Å²) in [6, 6.07) is 30.9. The molecule has 5 nitrogen and oxygen atoms in total. The van der Waals surface area contributed by atoms with E-state index in [1.54, 1.807) is 12.4 Å². The molecular formula is C32H31N3O2. The lowest BCUT2D eigenvalue weighted by atomic mass is 9.88. The van der Waals surface area contributed by atoms with Gasteiger partial charge in [-0.15, -0.1) is 0 Å². The third-order valence-corrected chi connectivity index (χ3v) is 6.61. The van der Waals surface area contributed by atoms with Crippen molar-refractivity contribution >= 4 is 16.8 Å². The summed E-state index contributed by atoms with van der Waals surface area (Å²) in [4.78, 5) is 17.3. The van der Waals surface area contributed by atoms with Crippen molar-refractivity contribution in [1.29, 1.82) is 0 Å². The van der Waals surface area contributed by atoms with Gasteiger partial charge in [0.25, 0.3) is 0 Å². The summed E-state index contributed by atoms with van der Waals surface area (Å²) in [6.07, 6.45) is 6.05. The van der Waals surface area contributed by atoms with Crippen molar-refractivity contribution in [3.05, 3.63) is 132 Å². The summed E-state index contributed by atoms with van der Waals surface area (Å²) in [6.45, 7) is 3.84. The zero-order valence-corrected chi connectivity index (χ0v) is 21.0. The monoisotopic (exact) mass is 489 g/mol. The Kier molecular flexibility index (Phi) is 7.60. The van der Waals surface area contributed by atoms with Crippen molar-refractivity contribution in [3.63, 3.8) is 0 Å². The summed E-state index contributed by atoms with van der Waals surface area (Å²) in [5, 5.41) is 4.26. The highest BCUT2D eigenvalue weighted by Crippen LogP contribution is 2.36. The Morgan fingerprint density at radius 1 is 0.892 bits per heavy atom. The van der Waals surface area contributed by atoms with Gasteiger partial charge in [0.1, 0.15) is 5.75 Å². The highest BCUT2D eigenvalue weighted by atomic mass is 16.5. The van der Waals surface area contributed by atoms with E-state index in [1.165, 1.54) is 10.9 Å². The van der Waals surface area contributed by atoms with Crippen LogP contribution >= 0.6 is 0 Å². The fraction of sp³-hybridized carbons (Fsp3) is 0.188. The largest absolute Gasteiger partial charge is 0.494 e. The number of fused-ring (bicyclic) bond motifs is 1. The first kappa shape index (κ1) is 24.3. The summed E-state index contributed by atoms with van der Waals surface area (Å²) in [7, 11) is 0. The maximum atomic E-state index is 13.2. The minimum atomic E-state index is -0.102. The third-order valence-electron chi connectivity index (χ3n) is 6.61. The van der Waals surface area contributed by atoms with Crippen molar-refractivity contribution in [3.8, 4) is 5.75 Å². The molecule has 0 bridgehead atoms. The molecule has 0 spiro atoms. The van der Waals surface area contributed by atoms with Gasteiger partial charge in [0.2, 0.25) is 5.91 Å². The van der Waals surface area contributed by atoms with E-state index in [1.807, 2.05) is 37.3 Å². The normalized spacial score (nSPS) is 11.8. The van der Waals surface area contributed by atoms with Gasteiger partial charge in [-0.25, -0.2) is 0 Å². The number of aromatic nitrogens is 2. The smallest absolute Gasteiger partial charge is 0.221 e. The van der Waals surface area contributed by atoms with Crippen molar-refractivity contribution in [2.24, 2.45) is 0 Å². The van der Waals surface area contributed by atoms with Gasteiger partial charge in [0, 0.05) is 54.9 Å². The van der Waals surface area contributed by atoms with Crippen LogP contribution in [0.4, 0.5) is 0 Å². The molecule has 3 aromatic carbocycles.